The minimum absolute atomic E-state index is 0.149. The lowest BCUT2D eigenvalue weighted by atomic mass is 9.84. The molecule has 0 saturated carbocycles. The van der Waals surface area contributed by atoms with Crippen molar-refractivity contribution >= 4 is 0 Å². The Morgan fingerprint density at radius 3 is 2.56 bits per heavy atom. The van der Waals surface area contributed by atoms with Crippen LogP contribution < -0.4 is 9.47 Å². The normalized spacial score (nSPS) is 21.9. The smallest absolute Gasteiger partial charge is 0.126 e. The molecule has 1 aromatic rings. The van der Waals surface area contributed by atoms with E-state index < -0.39 is 6.10 Å². The first-order chi connectivity index (χ1) is 8.46. The minimum Gasteiger partial charge on any atom is -0.497 e. The zero-order valence-corrected chi connectivity index (χ0v) is 11.6. The Labute approximate surface area is 109 Å². The summed E-state index contributed by atoms with van der Waals surface area (Å²) in [6.45, 7) is 4.40. The van der Waals surface area contributed by atoms with Gasteiger partial charge in [0, 0.05) is 11.6 Å². The molecule has 3 heteroatoms. The molecule has 0 radical (unpaired) electrons. The second kappa shape index (κ2) is 4.81. The molecule has 0 spiro atoms. The zero-order chi connectivity index (χ0) is 13.3. The van der Waals surface area contributed by atoms with Crippen LogP contribution >= 0.6 is 0 Å². The van der Waals surface area contributed by atoms with Gasteiger partial charge in [-0.3, -0.25) is 0 Å². The largest absolute Gasteiger partial charge is 0.497 e. The average Bonchev–Trinajstić information content (AvgIpc) is 2.45. The van der Waals surface area contributed by atoms with Crippen LogP contribution in [0.5, 0.6) is 11.5 Å². The molecule has 18 heavy (non-hydrogen) atoms. The number of benzene rings is 1. The molecule has 1 aromatic carbocycles. The highest BCUT2D eigenvalue weighted by atomic mass is 16.5. The molecule has 2 rings (SSSR count). The van der Waals surface area contributed by atoms with Crippen molar-refractivity contribution < 1.29 is 14.6 Å². The van der Waals surface area contributed by atoms with Crippen molar-refractivity contribution in [2.75, 3.05) is 14.2 Å². The molecule has 3 nitrogen and oxygen atoms in total. The molecule has 0 amide bonds. The van der Waals surface area contributed by atoms with Gasteiger partial charge in [0.15, 0.2) is 0 Å². The number of hydrogen-bond acceptors (Lipinski definition) is 3. The number of rotatable bonds is 2. The number of methoxy groups -OCH3 is 2. The van der Waals surface area contributed by atoms with Crippen LogP contribution in [-0.2, 0) is 6.42 Å². The molecule has 0 fully saturated rings. The molecule has 1 unspecified atom stereocenters. The standard InChI is InChI=1S/C15H22O3/c1-15(2)6-5-11-12(13(16)9-15)7-10(17-3)8-14(11)18-4/h7-8,13,16H,5-6,9H2,1-4H3. The fourth-order valence-corrected chi connectivity index (χ4v) is 2.70. The van der Waals surface area contributed by atoms with E-state index in [2.05, 4.69) is 13.8 Å². The first-order valence-corrected chi connectivity index (χ1v) is 6.40. The van der Waals surface area contributed by atoms with Crippen LogP contribution in [0.3, 0.4) is 0 Å². The Morgan fingerprint density at radius 1 is 1.22 bits per heavy atom. The molecule has 0 aliphatic heterocycles. The van der Waals surface area contributed by atoms with E-state index in [0.717, 1.165) is 41.9 Å². The van der Waals surface area contributed by atoms with Crippen molar-refractivity contribution in [3.63, 3.8) is 0 Å². The maximum absolute atomic E-state index is 10.4. The van der Waals surface area contributed by atoms with Gasteiger partial charge in [0.25, 0.3) is 0 Å². The van der Waals surface area contributed by atoms with Crippen LogP contribution in [0.25, 0.3) is 0 Å². The monoisotopic (exact) mass is 250 g/mol. The third-order valence-corrected chi connectivity index (χ3v) is 3.83. The van der Waals surface area contributed by atoms with Crippen LogP contribution in [0.15, 0.2) is 12.1 Å². The molecule has 1 N–H and O–H groups in total. The molecule has 100 valence electrons. The van der Waals surface area contributed by atoms with Crippen molar-refractivity contribution in [3.8, 4) is 11.5 Å². The molecule has 1 aliphatic rings. The van der Waals surface area contributed by atoms with Gasteiger partial charge in [-0.15, -0.1) is 0 Å². The lowest BCUT2D eigenvalue weighted by molar-refractivity contribution is 0.116. The van der Waals surface area contributed by atoms with Crippen LogP contribution in [0, 0.1) is 5.41 Å². The van der Waals surface area contributed by atoms with Crippen LogP contribution in [0.1, 0.15) is 43.9 Å². The van der Waals surface area contributed by atoms with Gasteiger partial charge in [0.2, 0.25) is 0 Å². The van der Waals surface area contributed by atoms with Gasteiger partial charge in [-0.05, 0) is 36.3 Å². The molecule has 0 aromatic heterocycles. The van der Waals surface area contributed by atoms with Crippen molar-refractivity contribution in [2.45, 2.75) is 39.2 Å². The first-order valence-electron chi connectivity index (χ1n) is 6.40. The summed E-state index contributed by atoms with van der Waals surface area (Å²) in [5.74, 6) is 1.56. The minimum atomic E-state index is -0.443. The Balaban J connectivity index is 2.50. The van der Waals surface area contributed by atoms with E-state index in [-0.39, 0.29) is 5.41 Å². The van der Waals surface area contributed by atoms with Crippen LogP contribution in [-0.4, -0.2) is 19.3 Å². The molecule has 1 atom stereocenters. The summed E-state index contributed by atoms with van der Waals surface area (Å²) < 4.78 is 10.7. The Kier molecular flexibility index (Phi) is 3.53. The SMILES string of the molecule is COc1cc(OC)c2c(c1)C(O)CC(C)(C)CC2. The third-order valence-electron chi connectivity index (χ3n) is 3.83. The first kappa shape index (κ1) is 13.2. The van der Waals surface area contributed by atoms with Crippen molar-refractivity contribution in [1.82, 2.24) is 0 Å². The maximum atomic E-state index is 10.4. The quantitative estimate of drug-likeness (QED) is 0.820. The summed E-state index contributed by atoms with van der Waals surface area (Å²) in [7, 11) is 3.30. The molecule has 0 saturated heterocycles. The molecule has 0 heterocycles. The fraction of sp³-hybridized carbons (Fsp3) is 0.600. The average molecular weight is 250 g/mol. The van der Waals surface area contributed by atoms with Gasteiger partial charge in [0.05, 0.1) is 20.3 Å². The van der Waals surface area contributed by atoms with E-state index >= 15 is 0 Å². The molecule has 0 bridgehead atoms. The second-order valence-electron chi connectivity index (χ2n) is 5.78. The van der Waals surface area contributed by atoms with Crippen molar-refractivity contribution in [1.29, 1.82) is 0 Å². The van der Waals surface area contributed by atoms with Crippen LogP contribution in [0.4, 0.5) is 0 Å². The zero-order valence-electron chi connectivity index (χ0n) is 11.6. The fourth-order valence-electron chi connectivity index (χ4n) is 2.70. The van der Waals surface area contributed by atoms with E-state index in [1.54, 1.807) is 14.2 Å². The molecular weight excluding hydrogens is 228 g/mol. The van der Waals surface area contributed by atoms with E-state index in [4.69, 9.17) is 9.47 Å². The summed E-state index contributed by atoms with van der Waals surface area (Å²) in [5.41, 5.74) is 2.23. The topological polar surface area (TPSA) is 38.7 Å². The van der Waals surface area contributed by atoms with Gasteiger partial charge in [-0.1, -0.05) is 13.8 Å². The van der Waals surface area contributed by atoms with Crippen molar-refractivity contribution in [2.24, 2.45) is 5.41 Å². The van der Waals surface area contributed by atoms with E-state index in [1.807, 2.05) is 12.1 Å². The molecular formula is C15H22O3. The van der Waals surface area contributed by atoms with Gasteiger partial charge in [0.1, 0.15) is 11.5 Å². The number of aliphatic hydroxyl groups excluding tert-OH is 1. The van der Waals surface area contributed by atoms with Crippen LogP contribution in [0.2, 0.25) is 0 Å². The predicted molar refractivity (Wildman–Crippen MR) is 71.2 cm³/mol. The summed E-state index contributed by atoms with van der Waals surface area (Å²) in [6.07, 6.45) is 2.32. The number of fused-ring (bicyclic) bond motifs is 1. The van der Waals surface area contributed by atoms with E-state index in [1.165, 1.54) is 0 Å². The van der Waals surface area contributed by atoms with Gasteiger partial charge >= 0.3 is 0 Å². The second-order valence-corrected chi connectivity index (χ2v) is 5.78. The highest BCUT2D eigenvalue weighted by Gasteiger charge is 2.30. The van der Waals surface area contributed by atoms with E-state index in [0.29, 0.717) is 0 Å². The Hall–Kier alpha value is -1.22. The summed E-state index contributed by atoms with van der Waals surface area (Å²) in [6, 6.07) is 3.83. The van der Waals surface area contributed by atoms with Gasteiger partial charge in [-0.25, -0.2) is 0 Å². The number of ether oxygens (including phenoxy) is 2. The lowest BCUT2D eigenvalue weighted by Crippen LogP contribution is -2.13. The lowest BCUT2D eigenvalue weighted by Gasteiger charge is -2.24. The highest BCUT2D eigenvalue weighted by molar-refractivity contribution is 5.48. The van der Waals surface area contributed by atoms with Gasteiger partial charge < -0.3 is 14.6 Å². The predicted octanol–water partition coefficient (Wildman–Crippen LogP) is 3.10. The van der Waals surface area contributed by atoms with Crippen molar-refractivity contribution in [3.05, 3.63) is 23.3 Å². The summed E-state index contributed by atoms with van der Waals surface area (Å²) in [4.78, 5) is 0. The van der Waals surface area contributed by atoms with E-state index in [9.17, 15) is 5.11 Å². The highest BCUT2D eigenvalue weighted by Crippen LogP contribution is 2.43. The third kappa shape index (κ3) is 2.46. The Morgan fingerprint density at radius 2 is 1.94 bits per heavy atom. The number of aliphatic hydroxyl groups is 1. The summed E-state index contributed by atoms with van der Waals surface area (Å²) in [5, 5.41) is 10.4. The van der Waals surface area contributed by atoms with Gasteiger partial charge in [-0.2, -0.15) is 0 Å². The summed E-state index contributed by atoms with van der Waals surface area (Å²) >= 11 is 0. The Bertz CT molecular complexity index is 438. The maximum Gasteiger partial charge on any atom is 0.126 e. The molecule has 1 aliphatic carbocycles. The number of hydrogen-bond donors (Lipinski definition) is 1.